The largest absolute Gasteiger partial charge is 0.340 e. The van der Waals surface area contributed by atoms with Crippen molar-refractivity contribution in [1.29, 1.82) is 0 Å². The molecule has 2 aromatic carbocycles. The summed E-state index contributed by atoms with van der Waals surface area (Å²) in [7, 11) is 0. The number of nitrogens with one attached hydrogen (secondary N) is 4. The highest BCUT2D eigenvalue weighted by Gasteiger charge is 2.23. The molecule has 2 rings (SSSR count). The standard InChI is InChI=1S/C21H25FN4O2S/c1-13(2)12-18(23-19(27)15-9-5-4-8-14(15)3)20(28)25-26-21(29)24-17-11-7-6-10-16(17)22/h4-11,13,18H,12H2,1-3H3,(H,23,27)(H,25,28)(H2,24,26,29)/t18-/m1/s1. The molecule has 0 aliphatic heterocycles. The van der Waals surface area contributed by atoms with Gasteiger partial charge in [0.05, 0.1) is 5.69 Å². The predicted molar refractivity (Wildman–Crippen MR) is 116 cm³/mol. The highest BCUT2D eigenvalue weighted by atomic mass is 32.1. The minimum absolute atomic E-state index is 0.0250. The summed E-state index contributed by atoms with van der Waals surface area (Å²) in [6.45, 7) is 5.75. The first-order valence-electron chi connectivity index (χ1n) is 9.25. The van der Waals surface area contributed by atoms with Gasteiger partial charge in [-0.05, 0) is 55.2 Å². The molecule has 154 valence electrons. The number of para-hydroxylation sites is 1. The number of carbonyl (C=O) groups excluding carboxylic acids is 2. The molecule has 0 heterocycles. The third-order valence-corrected chi connectivity index (χ3v) is 4.34. The fourth-order valence-electron chi connectivity index (χ4n) is 2.69. The molecular weight excluding hydrogens is 391 g/mol. The SMILES string of the molecule is Cc1ccccc1C(=O)N[C@H](CC(C)C)C(=O)NNC(=S)Nc1ccccc1F. The Hall–Kier alpha value is -3.00. The molecule has 0 fully saturated rings. The number of thiocarbonyl (C=S) groups is 1. The van der Waals surface area contributed by atoms with Gasteiger partial charge in [-0.1, -0.05) is 44.2 Å². The van der Waals surface area contributed by atoms with Gasteiger partial charge in [-0.2, -0.15) is 0 Å². The third-order valence-electron chi connectivity index (χ3n) is 4.14. The summed E-state index contributed by atoms with van der Waals surface area (Å²) in [5, 5.41) is 5.46. The second-order valence-corrected chi connectivity index (χ2v) is 7.43. The lowest BCUT2D eigenvalue weighted by molar-refractivity contribution is -0.123. The lowest BCUT2D eigenvalue weighted by Gasteiger charge is -2.21. The fourth-order valence-corrected chi connectivity index (χ4v) is 2.85. The summed E-state index contributed by atoms with van der Waals surface area (Å²) in [6.07, 6.45) is 0.443. The molecule has 0 aliphatic rings. The molecule has 0 aromatic heterocycles. The van der Waals surface area contributed by atoms with Gasteiger partial charge in [-0.25, -0.2) is 4.39 Å². The Morgan fingerprint density at radius 2 is 1.69 bits per heavy atom. The Labute approximate surface area is 175 Å². The van der Waals surface area contributed by atoms with E-state index in [9.17, 15) is 14.0 Å². The molecule has 2 amide bonds. The van der Waals surface area contributed by atoms with Crippen LogP contribution >= 0.6 is 12.2 Å². The summed E-state index contributed by atoms with van der Waals surface area (Å²) >= 11 is 5.08. The van der Waals surface area contributed by atoms with Gasteiger partial charge in [0.25, 0.3) is 11.8 Å². The van der Waals surface area contributed by atoms with Gasteiger partial charge in [-0.15, -0.1) is 0 Å². The summed E-state index contributed by atoms with van der Waals surface area (Å²) in [4.78, 5) is 25.2. The second-order valence-electron chi connectivity index (χ2n) is 7.02. The molecule has 6 nitrogen and oxygen atoms in total. The number of benzene rings is 2. The van der Waals surface area contributed by atoms with Crippen LogP contribution < -0.4 is 21.5 Å². The number of anilines is 1. The van der Waals surface area contributed by atoms with Gasteiger partial charge >= 0.3 is 0 Å². The van der Waals surface area contributed by atoms with Crippen molar-refractivity contribution in [3.63, 3.8) is 0 Å². The van der Waals surface area contributed by atoms with E-state index in [0.29, 0.717) is 12.0 Å². The summed E-state index contributed by atoms with van der Waals surface area (Å²) < 4.78 is 13.7. The van der Waals surface area contributed by atoms with Crippen LogP contribution in [0.25, 0.3) is 0 Å². The molecule has 0 unspecified atom stereocenters. The van der Waals surface area contributed by atoms with Crippen LogP contribution in [0.15, 0.2) is 48.5 Å². The minimum Gasteiger partial charge on any atom is -0.340 e. The smallest absolute Gasteiger partial charge is 0.260 e. The van der Waals surface area contributed by atoms with Gasteiger partial charge < -0.3 is 10.6 Å². The van der Waals surface area contributed by atoms with E-state index >= 15 is 0 Å². The minimum atomic E-state index is -0.758. The number of hydrogen-bond donors (Lipinski definition) is 4. The van der Waals surface area contributed by atoms with Crippen LogP contribution in [0.4, 0.5) is 10.1 Å². The van der Waals surface area contributed by atoms with Crippen LogP contribution in [0.2, 0.25) is 0 Å². The van der Waals surface area contributed by atoms with Crippen molar-refractivity contribution in [3.05, 3.63) is 65.5 Å². The first-order valence-corrected chi connectivity index (χ1v) is 9.66. The van der Waals surface area contributed by atoms with Crippen LogP contribution in [0, 0.1) is 18.7 Å². The van der Waals surface area contributed by atoms with Gasteiger partial charge in [-0.3, -0.25) is 20.4 Å². The predicted octanol–water partition coefficient (Wildman–Crippen LogP) is 3.30. The normalized spacial score (nSPS) is 11.5. The van der Waals surface area contributed by atoms with E-state index in [1.165, 1.54) is 12.1 Å². The number of rotatable bonds is 6. The van der Waals surface area contributed by atoms with Crippen molar-refractivity contribution in [3.8, 4) is 0 Å². The maximum atomic E-state index is 13.7. The van der Waals surface area contributed by atoms with Crippen LogP contribution in [-0.4, -0.2) is 23.0 Å². The Morgan fingerprint density at radius 3 is 2.34 bits per heavy atom. The van der Waals surface area contributed by atoms with Crippen molar-refractivity contribution < 1.29 is 14.0 Å². The van der Waals surface area contributed by atoms with Crippen LogP contribution in [0.3, 0.4) is 0 Å². The Bertz CT molecular complexity index is 888. The monoisotopic (exact) mass is 416 g/mol. The molecule has 0 saturated heterocycles. The van der Waals surface area contributed by atoms with E-state index in [1.807, 2.05) is 32.9 Å². The topological polar surface area (TPSA) is 82.3 Å². The molecule has 1 atom stereocenters. The molecule has 4 N–H and O–H groups in total. The molecule has 0 saturated carbocycles. The summed E-state index contributed by atoms with van der Waals surface area (Å²) in [6, 6.07) is 12.4. The lowest BCUT2D eigenvalue weighted by atomic mass is 10.0. The number of aryl methyl sites for hydroxylation is 1. The van der Waals surface area contributed by atoms with Crippen LogP contribution in [-0.2, 0) is 4.79 Å². The summed E-state index contributed by atoms with van der Waals surface area (Å²) in [5.74, 6) is -1.06. The Balaban J connectivity index is 1.97. The van der Waals surface area contributed by atoms with Crippen molar-refractivity contribution in [2.75, 3.05) is 5.32 Å². The van der Waals surface area contributed by atoms with Crippen LogP contribution in [0.5, 0.6) is 0 Å². The van der Waals surface area contributed by atoms with Gasteiger partial charge in [0.15, 0.2) is 5.11 Å². The van der Waals surface area contributed by atoms with E-state index < -0.39 is 17.8 Å². The number of carbonyl (C=O) groups is 2. The lowest BCUT2D eigenvalue weighted by Crippen LogP contribution is -2.53. The zero-order valence-electron chi connectivity index (χ0n) is 16.6. The molecule has 0 radical (unpaired) electrons. The average Bonchev–Trinajstić information content (AvgIpc) is 2.67. The number of hydrogen-bond acceptors (Lipinski definition) is 3. The van der Waals surface area contributed by atoms with Gasteiger partial charge in [0.2, 0.25) is 0 Å². The third kappa shape index (κ3) is 6.83. The maximum absolute atomic E-state index is 13.7. The highest BCUT2D eigenvalue weighted by molar-refractivity contribution is 7.80. The van der Waals surface area contributed by atoms with E-state index in [4.69, 9.17) is 12.2 Å². The van der Waals surface area contributed by atoms with Crippen molar-refractivity contribution in [2.24, 2.45) is 5.92 Å². The number of amides is 2. The maximum Gasteiger partial charge on any atom is 0.260 e. The van der Waals surface area contributed by atoms with Crippen LogP contribution in [0.1, 0.15) is 36.2 Å². The van der Waals surface area contributed by atoms with E-state index in [-0.39, 0.29) is 22.6 Å². The fraction of sp³-hybridized carbons (Fsp3) is 0.286. The zero-order chi connectivity index (χ0) is 21.4. The highest BCUT2D eigenvalue weighted by Crippen LogP contribution is 2.12. The van der Waals surface area contributed by atoms with Crippen molar-refractivity contribution in [1.82, 2.24) is 16.2 Å². The molecular formula is C21H25FN4O2S. The Kier molecular flexibility index (Phi) is 8.09. The van der Waals surface area contributed by atoms with Gasteiger partial charge in [0.1, 0.15) is 11.9 Å². The van der Waals surface area contributed by atoms with E-state index in [1.54, 1.807) is 24.3 Å². The van der Waals surface area contributed by atoms with Crippen molar-refractivity contribution >= 4 is 34.8 Å². The first kappa shape index (κ1) is 22.3. The number of hydrazine groups is 1. The second kappa shape index (κ2) is 10.5. The molecule has 29 heavy (non-hydrogen) atoms. The molecule has 0 aliphatic carbocycles. The molecule has 0 spiro atoms. The quantitative estimate of drug-likeness (QED) is 0.429. The Morgan fingerprint density at radius 1 is 1.03 bits per heavy atom. The molecule has 2 aromatic rings. The van der Waals surface area contributed by atoms with Gasteiger partial charge in [0, 0.05) is 5.56 Å². The van der Waals surface area contributed by atoms with E-state index in [2.05, 4.69) is 21.5 Å². The zero-order valence-corrected chi connectivity index (χ0v) is 17.4. The number of halogens is 1. The molecule has 8 heteroatoms. The molecule has 0 bridgehead atoms. The average molecular weight is 417 g/mol. The summed E-state index contributed by atoms with van der Waals surface area (Å²) in [5.41, 5.74) is 6.53. The van der Waals surface area contributed by atoms with Crippen molar-refractivity contribution in [2.45, 2.75) is 33.2 Å². The van der Waals surface area contributed by atoms with E-state index in [0.717, 1.165) is 5.56 Å². The first-order chi connectivity index (χ1) is 13.8.